The molecule has 4 unspecified atom stereocenters. The molecule has 0 spiro atoms. The van der Waals surface area contributed by atoms with Crippen LogP contribution in [-0.2, 0) is 10.8 Å². The fraction of sp³-hybridized carbons (Fsp3) is 1.00. The van der Waals surface area contributed by atoms with Crippen LogP contribution in [0.25, 0.3) is 0 Å². The van der Waals surface area contributed by atoms with Crippen LogP contribution >= 0.6 is 0 Å². The molecule has 3 heteroatoms. The molecule has 0 radical (unpaired) electrons. The first-order valence-corrected chi connectivity index (χ1v) is 8.31. The highest BCUT2D eigenvalue weighted by Crippen LogP contribution is 2.38. The molecule has 0 saturated heterocycles. The molecule has 0 aromatic rings. The maximum absolute atomic E-state index is 12.6. The molecule has 102 valence electrons. The molecule has 4 atom stereocenters. The number of nitrogens with one attached hydrogen (secondary N) is 1. The van der Waals surface area contributed by atoms with Crippen LogP contribution in [0, 0.1) is 5.41 Å². The minimum atomic E-state index is -0.692. The smallest absolute Gasteiger partial charge is 0.0509 e. The summed E-state index contributed by atoms with van der Waals surface area (Å²) in [4.78, 5) is 0. The zero-order chi connectivity index (χ0) is 13.1. The highest BCUT2D eigenvalue weighted by molar-refractivity contribution is 7.86. The van der Waals surface area contributed by atoms with Gasteiger partial charge in [-0.15, -0.1) is 0 Å². The van der Waals surface area contributed by atoms with Crippen LogP contribution in [0.5, 0.6) is 0 Å². The van der Waals surface area contributed by atoms with Gasteiger partial charge in [0, 0.05) is 22.1 Å². The Kier molecular flexibility index (Phi) is 5.65. The van der Waals surface area contributed by atoms with Gasteiger partial charge in [-0.1, -0.05) is 34.6 Å². The summed E-state index contributed by atoms with van der Waals surface area (Å²) in [6.07, 6.45) is 4.54. The summed E-state index contributed by atoms with van der Waals surface area (Å²) in [6.45, 7) is 12.0. The molecule has 2 nitrogen and oxygen atoms in total. The third kappa shape index (κ3) is 4.06. The lowest BCUT2D eigenvalue weighted by atomic mass is 9.75. The lowest BCUT2D eigenvalue weighted by molar-refractivity contribution is 0.212. The Labute approximate surface area is 109 Å². The summed E-state index contributed by atoms with van der Waals surface area (Å²) in [5.41, 5.74) is 0.361. The zero-order valence-corrected chi connectivity index (χ0v) is 12.9. The van der Waals surface area contributed by atoms with Crippen molar-refractivity contribution < 1.29 is 4.21 Å². The van der Waals surface area contributed by atoms with E-state index in [1.165, 1.54) is 12.8 Å². The minimum absolute atomic E-state index is 0.329. The van der Waals surface area contributed by atoms with E-state index in [-0.39, 0.29) is 0 Å². The summed E-state index contributed by atoms with van der Waals surface area (Å²) in [5.74, 6) is 0. The highest BCUT2D eigenvalue weighted by Gasteiger charge is 2.38. The van der Waals surface area contributed by atoms with Crippen LogP contribution in [0.1, 0.15) is 60.3 Å². The van der Waals surface area contributed by atoms with Crippen LogP contribution in [0.3, 0.4) is 0 Å². The van der Waals surface area contributed by atoms with Gasteiger partial charge in [0.1, 0.15) is 0 Å². The Balaban J connectivity index is 2.76. The van der Waals surface area contributed by atoms with Gasteiger partial charge >= 0.3 is 0 Å². The molecule has 0 heterocycles. The van der Waals surface area contributed by atoms with Crippen LogP contribution in [0.4, 0.5) is 0 Å². The third-order valence-electron chi connectivity index (χ3n) is 4.07. The standard InChI is InChI=1S/C14H29NOS/c1-6-11(3)17(16)13-10-14(4,5)9-8-12(13)15-7-2/h11-13,15H,6-10H2,1-5H3. The first-order valence-electron chi connectivity index (χ1n) is 7.04. The summed E-state index contributed by atoms with van der Waals surface area (Å²) >= 11 is 0. The van der Waals surface area contributed by atoms with Crippen molar-refractivity contribution in [2.24, 2.45) is 5.41 Å². The summed E-state index contributed by atoms with van der Waals surface area (Å²) in [6, 6.07) is 0.461. The molecular formula is C14H29NOS. The van der Waals surface area contributed by atoms with E-state index >= 15 is 0 Å². The van der Waals surface area contributed by atoms with Crippen molar-refractivity contribution in [1.29, 1.82) is 0 Å². The molecule has 1 N–H and O–H groups in total. The molecule has 1 aliphatic rings. The van der Waals surface area contributed by atoms with E-state index in [0.717, 1.165) is 19.4 Å². The molecule has 17 heavy (non-hydrogen) atoms. The fourth-order valence-corrected chi connectivity index (χ4v) is 4.82. The Hall–Kier alpha value is 0.110. The summed E-state index contributed by atoms with van der Waals surface area (Å²) in [5, 5.41) is 4.21. The molecule has 0 aliphatic heterocycles. The first kappa shape index (κ1) is 15.2. The number of hydrogen-bond donors (Lipinski definition) is 1. The summed E-state index contributed by atoms with van der Waals surface area (Å²) in [7, 11) is -0.692. The zero-order valence-electron chi connectivity index (χ0n) is 12.1. The predicted molar refractivity (Wildman–Crippen MR) is 76.8 cm³/mol. The van der Waals surface area contributed by atoms with Gasteiger partial charge in [-0.2, -0.15) is 0 Å². The number of hydrogen-bond acceptors (Lipinski definition) is 2. The van der Waals surface area contributed by atoms with E-state index in [1.54, 1.807) is 0 Å². The maximum Gasteiger partial charge on any atom is 0.0509 e. The maximum atomic E-state index is 12.6. The van der Waals surface area contributed by atoms with E-state index in [4.69, 9.17) is 0 Å². The van der Waals surface area contributed by atoms with Crippen molar-refractivity contribution >= 4 is 10.8 Å². The van der Waals surface area contributed by atoms with E-state index in [0.29, 0.717) is 22.0 Å². The second-order valence-corrected chi connectivity index (χ2v) is 8.22. The average molecular weight is 259 g/mol. The SMILES string of the molecule is CCNC1CCC(C)(C)CC1S(=O)C(C)CC. The Bertz CT molecular complexity index is 265. The largest absolute Gasteiger partial charge is 0.313 e. The van der Waals surface area contributed by atoms with Crippen molar-refractivity contribution in [1.82, 2.24) is 5.32 Å². The minimum Gasteiger partial charge on any atom is -0.313 e. The lowest BCUT2D eigenvalue weighted by Gasteiger charge is -2.41. The molecule has 1 saturated carbocycles. The van der Waals surface area contributed by atoms with Crippen LogP contribution in [0.15, 0.2) is 0 Å². The van der Waals surface area contributed by atoms with Gasteiger partial charge in [0.25, 0.3) is 0 Å². The predicted octanol–water partition coefficient (Wildman–Crippen LogP) is 3.09. The molecule has 0 amide bonds. The van der Waals surface area contributed by atoms with Crippen molar-refractivity contribution in [3.63, 3.8) is 0 Å². The van der Waals surface area contributed by atoms with Crippen molar-refractivity contribution in [2.45, 2.75) is 76.8 Å². The molecule has 1 rings (SSSR count). The Morgan fingerprint density at radius 2 is 2.06 bits per heavy atom. The molecule has 0 aromatic heterocycles. The van der Waals surface area contributed by atoms with Crippen LogP contribution in [0.2, 0.25) is 0 Å². The van der Waals surface area contributed by atoms with Crippen molar-refractivity contribution in [3.8, 4) is 0 Å². The van der Waals surface area contributed by atoms with Gasteiger partial charge in [0.05, 0.1) is 5.25 Å². The molecule has 0 aromatic carbocycles. The fourth-order valence-electron chi connectivity index (χ4n) is 2.72. The topological polar surface area (TPSA) is 29.1 Å². The van der Waals surface area contributed by atoms with Gasteiger partial charge in [-0.3, -0.25) is 4.21 Å². The molecule has 1 aliphatic carbocycles. The molecule has 0 bridgehead atoms. The van der Waals surface area contributed by atoms with Gasteiger partial charge in [-0.25, -0.2) is 0 Å². The normalized spacial score (nSPS) is 32.1. The second-order valence-electron chi connectivity index (χ2n) is 6.16. The quantitative estimate of drug-likeness (QED) is 0.822. The average Bonchev–Trinajstić information content (AvgIpc) is 2.29. The van der Waals surface area contributed by atoms with Crippen molar-refractivity contribution in [2.75, 3.05) is 6.54 Å². The summed E-state index contributed by atoms with van der Waals surface area (Å²) < 4.78 is 12.6. The van der Waals surface area contributed by atoms with Gasteiger partial charge in [0.2, 0.25) is 0 Å². The Morgan fingerprint density at radius 1 is 1.41 bits per heavy atom. The van der Waals surface area contributed by atoms with E-state index in [1.807, 2.05) is 0 Å². The lowest BCUT2D eigenvalue weighted by Crippen LogP contribution is -2.49. The second kappa shape index (κ2) is 6.33. The van der Waals surface area contributed by atoms with E-state index < -0.39 is 10.8 Å². The van der Waals surface area contributed by atoms with Gasteiger partial charge < -0.3 is 5.32 Å². The first-order chi connectivity index (χ1) is 7.91. The van der Waals surface area contributed by atoms with E-state index in [2.05, 4.69) is 39.9 Å². The molecular weight excluding hydrogens is 230 g/mol. The van der Waals surface area contributed by atoms with E-state index in [9.17, 15) is 4.21 Å². The van der Waals surface area contributed by atoms with Gasteiger partial charge in [0.15, 0.2) is 0 Å². The highest BCUT2D eigenvalue weighted by atomic mass is 32.2. The Morgan fingerprint density at radius 3 is 2.59 bits per heavy atom. The molecule has 1 fully saturated rings. The van der Waals surface area contributed by atoms with Crippen LogP contribution in [-0.4, -0.2) is 27.3 Å². The third-order valence-corrected chi connectivity index (χ3v) is 6.29. The number of rotatable bonds is 5. The van der Waals surface area contributed by atoms with Gasteiger partial charge in [-0.05, 0) is 37.6 Å². The van der Waals surface area contributed by atoms with Crippen LogP contribution < -0.4 is 5.32 Å². The monoisotopic (exact) mass is 259 g/mol. The van der Waals surface area contributed by atoms with Crippen molar-refractivity contribution in [3.05, 3.63) is 0 Å².